The first-order chi connectivity index (χ1) is 25.4. The van der Waals surface area contributed by atoms with Crippen molar-refractivity contribution >= 4 is 56.2 Å². The molecule has 0 spiro atoms. The summed E-state index contributed by atoms with van der Waals surface area (Å²) in [5.41, 5.74) is 7.45. The van der Waals surface area contributed by atoms with Gasteiger partial charge in [0.25, 0.3) is 0 Å². The van der Waals surface area contributed by atoms with Crippen molar-refractivity contribution in [3.05, 3.63) is 77.5 Å². The molecule has 1 saturated heterocycles. The average Bonchev–Trinajstić information content (AvgIpc) is 3.78. The topological polar surface area (TPSA) is 129 Å². The Labute approximate surface area is 310 Å². The molecule has 1 atom stereocenters. The number of aryl methyl sites for hydroxylation is 1. The monoisotopic (exact) mass is 710 g/mol. The Morgan fingerprint density at radius 1 is 1.09 bits per heavy atom. The van der Waals surface area contributed by atoms with Gasteiger partial charge in [0.15, 0.2) is 5.65 Å². The lowest BCUT2D eigenvalue weighted by molar-refractivity contribution is -0.893. The fraction of sp³-hybridized carbons (Fsp3) is 0.405. The SMILES string of the molecule is [B]C([B])(c1cccc(C(=O)N(C)C)[n+]1OC)N1CC(n2ncc3c2C(CC)N(C)c2c(Nc4cc(NC(=O)C5CC5)nc5cc(C)nn45)cccc2-3)C1. The van der Waals surface area contributed by atoms with Crippen molar-refractivity contribution < 1.29 is 19.2 Å². The number of nitrogens with zero attached hydrogens (tertiary/aromatic N) is 9. The molecule has 4 radical (unpaired) electrons. The largest absolute Gasteiger partial charge is 0.364 e. The van der Waals surface area contributed by atoms with Gasteiger partial charge in [0.05, 0.1) is 56.7 Å². The standard InChI is InChI=1S/C37H41B2N11O3/c1-7-27-34-25(18-40-48(34)23-19-47(20-23)37(38,39)29-13-9-12-28(50(29)53-6)36(52)45(3)4)24-10-8-11-26(33(24)46(27)5)41-32-17-30(43-35(51)22-14-15-22)42-31-16-21(2)44-49(31)32/h8-13,16-18,22-23,27H,7,14-15,19-20H2,1-6H3,(H-,41,42,43,44,51)/p+1. The molecule has 5 aromatic rings. The zero-order valence-corrected chi connectivity index (χ0v) is 30.9. The molecule has 1 aliphatic carbocycles. The maximum absolute atomic E-state index is 12.9. The lowest BCUT2D eigenvalue weighted by atomic mass is 9.57. The van der Waals surface area contributed by atoms with Gasteiger partial charge in [0, 0.05) is 85.6 Å². The summed E-state index contributed by atoms with van der Waals surface area (Å²) in [6.45, 7) is 5.20. The molecule has 1 unspecified atom stereocenters. The number of benzene rings is 1. The summed E-state index contributed by atoms with van der Waals surface area (Å²) in [6.07, 6.45) is 4.62. The molecule has 2 N–H and O–H groups in total. The van der Waals surface area contributed by atoms with Gasteiger partial charge >= 0.3 is 11.6 Å². The minimum atomic E-state index is -1.41. The first-order valence-corrected chi connectivity index (χ1v) is 17.9. The number of pyridine rings is 1. The third-order valence-corrected chi connectivity index (χ3v) is 10.6. The summed E-state index contributed by atoms with van der Waals surface area (Å²) < 4.78 is 5.30. The molecule has 0 bridgehead atoms. The van der Waals surface area contributed by atoms with E-state index >= 15 is 0 Å². The highest BCUT2D eigenvalue weighted by Gasteiger charge is 2.46. The van der Waals surface area contributed by atoms with Crippen molar-refractivity contribution in [1.82, 2.24) is 34.2 Å². The Morgan fingerprint density at radius 3 is 2.55 bits per heavy atom. The van der Waals surface area contributed by atoms with E-state index in [1.54, 1.807) is 36.8 Å². The fourth-order valence-corrected chi connectivity index (χ4v) is 7.65. The van der Waals surface area contributed by atoms with Crippen LogP contribution in [-0.2, 0) is 10.1 Å². The van der Waals surface area contributed by atoms with Crippen molar-refractivity contribution in [2.24, 2.45) is 5.92 Å². The number of hydrogen-bond donors (Lipinski definition) is 2. The minimum Gasteiger partial charge on any atom is -0.364 e. The molecule has 2 fully saturated rings. The maximum Gasteiger partial charge on any atom is 0.323 e. The van der Waals surface area contributed by atoms with Crippen LogP contribution in [0.4, 0.5) is 23.0 Å². The Bertz CT molecular complexity index is 2260. The smallest absolute Gasteiger partial charge is 0.323 e. The number of para-hydroxylation sites is 1. The van der Waals surface area contributed by atoms with Crippen molar-refractivity contribution in [3.63, 3.8) is 0 Å². The van der Waals surface area contributed by atoms with E-state index in [0.717, 1.165) is 53.2 Å². The quantitative estimate of drug-likeness (QED) is 0.166. The van der Waals surface area contributed by atoms with Gasteiger partial charge in [-0.15, -0.1) is 0 Å². The van der Waals surface area contributed by atoms with Crippen molar-refractivity contribution in [1.29, 1.82) is 0 Å². The number of likely N-dealkylation sites (tertiary alicyclic amines) is 1. The van der Waals surface area contributed by atoms with Crippen molar-refractivity contribution in [2.45, 2.75) is 50.5 Å². The molecule has 16 heteroatoms. The van der Waals surface area contributed by atoms with Gasteiger partial charge < -0.3 is 25.3 Å². The Balaban J connectivity index is 1.09. The van der Waals surface area contributed by atoms with E-state index in [2.05, 4.69) is 56.4 Å². The van der Waals surface area contributed by atoms with Gasteiger partial charge in [-0.1, -0.05) is 19.1 Å². The van der Waals surface area contributed by atoms with Crippen LogP contribution >= 0.6 is 0 Å². The second-order valence-electron chi connectivity index (χ2n) is 14.5. The number of amides is 2. The summed E-state index contributed by atoms with van der Waals surface area (Å²) in [7, 11) is 20.6. The van der Waals surface area contributed by atoms with E-state index in [4.69, 9.17) is 25.6 Å². The van der Waals surface area contributed by atoms with Gasteiger partial charge in [0.1, 0.15) is 18.7 Å². The van der Waals surface area contributed by atoms with Gasteiger partial charge in [-0.3, -0.25) is 19.1 Å². The molecular formula is C37H42B2N11O3+. The van der Waals surface area contributed by atoms with Crippen molar-refractivity contribution in [3.8, 4) is 11.1 Å². The first kappa shape index (κ1) is 34.7. The number of fused-ring (bicyclic) bond motifs is 4. The lowest BCUT2D eigenvalue weighted by Gasteiger charge is -2.49. The number of rotatable bonds is 10. The summed E-state index contributed by atoms with van der Waals surface area (Å²) in [5.74, 6) is 1.01. The first-order valence-electron chi connectivity index (χ1n) is 17.9. The molecular weight excluding hydrogens is 668 g/mol. The highest BCUT2D eigenvalue weighted by Crippen LogP contribution is 2.50. The van der Waals surface area contributed by atoms with Crippen LogP contribution in [-0.4, -0.2) is 103 Å². The number of hydrogen-bond acceptors (Lipinski definition) is 9. The van der Waals surface area contributed by atoms with Crippen LogP contribution < -0.4 is 25.1 Å². The number of aromatic nitrogens is 6. The third kappa shape index (κ3) is 5.79. The Kier molecular flexibility index (Phi) is 8.47. The lowest BCUT2D eigenvalue weighted by Crippen LogP contribution is -2.65. The molecule has 2 amide bonds. The van der Waals surface area contributed by atoms with Crippen LogP contribution in [0.1, 0.15) is 65.8 Å². The predicted octanol–water partition coefficient (Wildman–Crippen LogP) is 2.95. The van der Waals surface area contributed by atoms with E-state index in [1.165, 1.54) is 16.7 Å². The fourth-order valence-electron chi connectivity index (χ4n) is 7.65. The molecule has 6 heterocycles. The van der Waals surface area contributed by atoms with Crippen molar-refractivity contribution in [2.75, 3.05) is 56.9 Å². The molecule has 8 rings (SSSR count). The van der Waals surface area contributed by atoms with Gasteiger partial charge in [-0.2, -0.15) is 14.7 Å². The van der Waals surface area contributed by atoms with E-state index < -0.39 is 5.34 Å². The van der Waals surface area contributed by atoms with E-state index in [-0.39, 0.29) is 29.8 Å². The van der Waals surface area contributed by atoms with Gasteiger partial charge in [0.2, 0.25) is 11.6 Å². The summed E-state index contributed by atoms with van der Waals surface area (Å²) in [4.78, 5) is 41.6. The molecule has 1 saturated carbocycles. The molecule has 3 aliphatic rings. The molecule has 53 heavy (non-hydrogen) atoms. The molecule has 268 valence electrons. The zero-order valence-electron chi connectivity index (χ0n) is 30.9. The molecule has 2 aliphatic heterocycles. The van der Waals surface area contributed by atoms with Crippen LogP contribution in [0.2, 0.25) is 0 Å². The van der Waals surface area contributed by atoms with Gasteiger partial charge in [-0.05, 0) is 38.3 Å². The minimum absolute atomic E-state index is 0.00120. The molecule has 4 aromatic heterocycles. The second-order valence-corrected chi connectivity index (χ2v) is 14.5. The van der Waals surface area contributed by atoms with Crippen LogP contribution in [0.25, 0.3) is 16.8 Å². The van der Waals surface area contributed by atoms with Gasteiger partial charge in [-0.25, -0.2) is 4.98 Å². The van der Waals surface area contributed by atoms with E-state index in [0.29, 0.717) is 41.8 Å². The van der Waals surface area contributed by atoms with Crippen LogP contribution in [0.15, 0.2) is 54.7 Å². The zero-order chi connectivity index (χ0) is 37.3. The summed E-state index contributed by atoms with van der Waals surface area (Å²) >= 11 is 0. The Morgan fingerprint density at radius 2 is 1.85 bits per heavy atom. The number of carbonyl (C=O) groups excluding carboxylic acids is 2. The summed E-state index contributed by atoms with van der Waals surface area (Å²) in [5, 5.41) is 14.9. The van der Waals surface area contributed by atoms with E-state index in [9.17, 15) is 9.59 Å². The third-order valence-electron chi connectivity index (χ3n) is 10.6. The van der Waals surface area contributed by atoms with Crippen LogP contribution in [0.3, 0.4) is 0 Å². The van der Waals surface area contributed by atoms with Crippen LogP contribution in [0.5, 0.6) is 0 Å². The molecule has 14 nitrogen and oxygen atoms in total. The highest BCUT2D eigenvalue weighted by atomic mass is 16.6. The number of anilines is 4. The molecule has 1 aromatic carbocycles. The predicted molar refractivity (Wildman–Crippen MR) is 202 cm³/mol. The number of nitrogens with one attached hydrogen (secondary N) is 2. The van der Waals surface area contributed by atoms with E-state index in [1.807, 2.05) is 36.2 Å². The summed E-state index contributed by atoms with van der Waals surface area (Å²) in [6, 6.07) is 15.2. The van der Waals surface area contributed by atoms with Crippen LogP contribution in [0, 0.1) is 12.8 Å². The average molecular weight is 710 g/mol. The normalized spacial score (nSPS) is 17.2. The Hall–Kier alpha value is -5.37. The second kappa shape index (κ2) is 12.9. The maximum atomic E-state index is 12.9. The number of carbonyl (C=O) groups is 2. The highest BCUT2D eigenvalue weighted by molar-refractivity contribution is 6.39.